The Morgan fingerprint density at radius 3 is 2.52 bits per heavy atom. The van der Waals surface area contributed by atoms with E-state index in [0.29, 0.717) is 0 Å². The van der Waals surface area contributed by atoms with E-state index < -0.39 is 16.0 Å². The fourth-order valence-electron chi connectivity index (χ4n) is 1.88. The zero-order chi connectivity index (χ0) is 15.6. The van der Waals surface area contributed by atoms with Crippen LogP contribution in [0.5, 0.6) is 0 Å². The SMILES string of the molecule is CC(C)N(Cc1cccs1)S(=O)(=O)c1ccsc1C(=O)O. The molecule has 0 amide bonds. The normalized spacial score (nSPS) is 12.2. The van der Waals surface area contributed by atoms with Gasteiger partial charge in [0.2, 0.25) is 10.0 Å². The van der Waals surface area contributed by atoms with Gasteiger partial charge in [-0.25, -0.2) is 13.2 Å². The van der Waals surface area contributed by atoms with Gasteiger partial charge in [0.25, 0.3) is 0 Å². The predicted octanol–water partition coefficient (Wildman–Crippen LogP) is 3.11. The molecule has 2 aromatic heterocycles. The van der Waals surface area contributed by atoms with Gasteiger partial charge in [0.1, 0.15) is 9.77 Å². The van der Waals surface area contributed by atoms with Crippen LogP contribution in [0.1, 0.15) is 28.4 Å². The molecule has 0 fully saturated rings. The molecule has 0 saturated carbocycles. The minimum absolute atomic E-state index is 0.134. The van der Waals surface area contributed by atoms with Gasteiger partial charge in [0, 0.05) is 17.5 Å². The highest BCUT2D eigenvalue weighted by atomic mass is 32.2. The van der Waals surface area contributed by atoms with Crippen molar-refractivity contribution < 1.29 is 18.3 Å². The third-order valence-corrected chi connectivity index (χ3v) is 6.83. The van der Waals surface area contributed by atoms with Gasteiger partial charge in [-0.3, -0.25) is 0 Å². The Kier molecular flexibility index (Phi) is 4.82. The van der Waals surface area contributed by atoms with E-state index in [1.807, 2.05) is 17.5 Å². The lowest BCUT2D eigenvalue weighted by Gasteiger charge is -2.25. The molecule has 114 valence electrons. The van der Waals surface area contributed by atoms with Crippen LogP contribution in [0.25, 0.3) is 0 Å². The Morgan fingerprint density at radius 2 is 2.00 bits per heavy atom. The summed E-state index contributed by atoms with van der Waals surface area (Å²) in [5.41, 5.74) is 0. The number of carbonyl (C=O) groups is 1. The molecule has 0 aliphatic heterocycles. The first kappa shape index (κ1) is 16.2. The van der Waals surface area contributed by atoms with Crippen molar-refractivity contribution in [3.63, 3.8) is 0 Å². The average Bonchev–Trinajstić information content (AvgIpc) is 3.06. The summed E-state index contributed by atoms with van der Waals surface area (Å²) in [5.74, 6) is -1.22. The number of carboxylic acids is 1. The molecule has 0 spiro atoms. The lowest BCUT2D eigenvalue weighted by atomic mass is 10.4. The number of sulfonamides is 1. The van der Waals surface area contributed by atoms with Crippen LogP contribution >= 0.6 is 22.7 Å². The third kappa shape index (κ3) is 3.34. The fourth-order valence-corrected chi connectivity index (χ4v) is 5.52. The third-order valence-electron chi connectivity index (χ3n) is 2.88. The van der Waals surface area contributed by atoms with E-state index in [4.69, 9.17) is 5.11 Å². The minimum atomic E-state index is -3.84. The Balaban J connectivity index is 2.43. The molecule has 21 heavy (non-hydrogen) atoms. The molecule has 0 bridgehead atoms. The Bertz CT molecular complexity index is 716. The van der Waals surface area contributed by atoms with Crippen molar-refractivity contribution in [3.05, 3.63) is 38.7 Å². The maximum absolute atomic E-state index is 12.8. The minimum Gasteiger partial charge on any atom is -0.477 e. The summed E-state index contributed by atoms with van der Waals surface area (Å²) in [5, 5.41) is 12.5. The van der Waals surface area contributed by atoms with Crippen molar-refractivity contribution >= 4 is 38.7 Å². The molecule has 0 radical (unpaired) electrons. The van der Waals surface area contributed by atoms with E-state index in [1.165, 1.54) is 27.1 Å². The van der Waals surface area contributed by atoms with Crippen LogP contribution < -0.4 is 0 Å². The Labute approximate surface area is 131 Å². The summed E-state index contributed by atoms with van der Waals surface area (Å²) in [6, 6.07) is 4.81. The summed E-state index contributed by atoms with van der Waals surface area (Å²) < 4.78 is 26.8. The monoisotopic (exact) mass is 345 g/mol. The van der Waals surface area contributed by atoms with E-state index in [0.717, 1.165) is 16.2 Å². The molecule has 0 aliphatic rings. The molecule has 0 saturated heterocycles. The number of nitrogens with zero attached hydrogens (tertiary/aromatic N) is 1. The van der Waals surface area contributed by atoms with Gasteiger partial charge in [-0.2, -0.15) is 4.31 Å². The van der Waals surface area contributed by atoms with Crippen molar-refractivity contribution in [2.75, 3.05) is 0 Å². The van der Waals surface area contributed by atoms with Gasteiger partial charge < -0.3 is 5.11 Å². The maximum Gasteiger partial charge on any atom is 0.347 e. The lowest BCUT2D eigenvalue weighted by molar-refractivity contribution is 0.0698. The first-order valence-corrected chi connectivity index (χ1v) is 9.39. The van der Waals surface area contributed by atoms with Crippen LogP contribution in [0.4, 0.5) is 0 Å². The van der Waals surface area contributed by atoms with Crippen LogP contribution in [0.3, 0.4) is 0 Å². The Morgan fingerprint density at radius 1 is 1.29 bits per heavy atom. The topological polar surface area (TPSA) is 74.7 Å². The van der Waals surface area contributed by atoms with Gasteiger partial charge in [-0.1, -0.05) is 6.07 Å². The number of hydrogen-bond donors (Lipinski definition) is 1. The summed E-state index contributed by atoms with van der Waals surface area (Å²) >= 11 is 2.39. The molecule has 1 N–H and O–H groups in total. The molecule has 0 atom stereocenters. The summed E-state index contributed by atoms with van der Waals surface area (Å²) in [7, 11) is -3.84. The zero-order valence-electron chi connectivity index (χ0n) is 11.5. The van der Waals surface area contributed by atoms with Crippen LogP contribution in [0.15, 0.2) is 33.9 Å². The molecule has 2 aromatic rings. The van der Waals surface area contributed by atoms with Crippen molar-refractivity contribution in [3.8, 4) is 0 Å². The fraction of sp³-hybridized carbons (Fsp3) is 0.308. The molecule has 8 heteroatoms. The van der Waals surface area contributed by atoms with E-state index in [1.54, 1.807) is 13.8 Å². The van der Waals surface area contributed by atoms with Crippen molar-refractivity contribution in [2.45, 2.75) is 31.3 Å². The van der Waals surface area contributed by atoms with E-state index >= 15 is 0 Å². The molecule has 2 rings (SSSR count). The van der Waals surface area contributed by atoms with Crippen LogP contribution in [0.2, 0.25) is 0 Å². The van der Waals surface area contributed by atoms with Crippen LogP contribution in [0, 0.1) is 0 Å². The lowest BCUT2D eigenvalue weighted by Crippen LogP contribution is -2.36. The second-order valence-corrected chi connectivity index (χ2v) is 8.45. The molecule has 0 aromatic carbocycles. The highest BCUT2D eigenvalue weighted by molar-refractivity contribution is 7.89. The van der Waals surface area contributed by atoms with E-state index in [-0.39, 0.29) is 22.4 Å². The predicted molar refractivity (Wildman–Crippen MR) is 83.5 cm³/mol. The number of thiophene rings is 2. The number of rotatable bonds is 6. The number of aromatic carboxylic acids is 1. The largest absolute Gasteiger partial charge is 0.477 e. The highest BCUT2D eigenvalue weighted by Gasteiger charge is 2.32. The number of hydrogen-bond acceptors (Lipinski definition) is 5. The molecular formula is C13H15NO4S3. The zero-order valence-corrected chi connectivity index (χ0v) is 14.0. The summed E-state index contributed by atoms with van der Waals surface area (Å²) in [4.78, 5) is 11.8. The molecule has 0 unspecified atom stereocenters. The smallest absolute Gasteiger partial charge is 0.347 e. The van der Waals surface area contributed by atoms with Gasteiger partial charge >= 0.3 is 5.97 Å². The molecule has 5 nitrogen and oxygen atoms in total. The van der Waals surface area contributed by atoms with Gasteiger partial charge in [-0.05, 0) is 36.7 Å². The first-order chi connectivity index (χ1) is 9.84. The quantitative estimate of drug-likeness (QED) is 0.873. The molecular weight excluding hydrogens is 330 g/mol. The summed E-state index contributed by atoms with van der Waals surface area (Å²) in [6.07, 6.45) is 0. The second-order valence-electron chi connectivity index (χ2n) is 4.64. The highest BCUT2D eigenvalue weighted by Crippen LogP contribution is 2.28. The maximum atomic E-state index is 12.8. The van der Waals surface area contributed by atoms with Gasteiger partial charge in [0.05, 0.1) is 0 Å². The van der Waals surface area contributed by atoms with Crippen molar-refractivity contribution in [1.82, 2.24) is 4.31 Å². The molecule has 2 heterocycles. The van der Waals surface area contributed by atoms with E-state index in [9.17, 15) is 13.2 Å². The second kappa shape index (κ2) is 6.27. The first-order valence-electron chi connectivity index (χ1n) is 6.19. The van der Waals surface area contributed by atoms with Crippen LogP contribution in [-0.2, 0) is 16.6 Å². The van der Waals surface area contributed by atoms with Crippen molar-refractivity contribution in [1.29, 1.82) is 0 Å². The van der Waals surface area contributed by atoms with Crippen LogP contribution in [-0.4, -0.2) is 29.8 Å². The van der Waals surface area contributed by atoms with Crippen molar-refractivity contribution in [2.24, 2.45) is 0 Å². The standard InChI is InChI=1S/C13H15NO4S3/c1-9(2)14(8-10-4-3-6-19-10)21(17,18)11-5-7-20-12(11)13(15)16/h3-7,9H,8H2,1-2H3,(H,15,16). The average molecular weight is 345 g/mol. The van der Waals surface area contributed by atoms with Gasteiger partial charge in [0.15, 0.2) is 0 Å². The Hall–Kier alpha value is -1.22. The van der Waals surface area contributed by atoms with E-state index in [2.05, 4.69) is 0 Å². The molecule has 0 aliphatic carbocycles. The van der Waals surface area contributed by atoms with Gasteiger partial charge in [-0.15, -0.1) is 22.7 Å². The number of carboxylic acid groups (broad SMARTS) is 1. The summed E-state index contributed by atoms with van der Waals surface area (Å²) in [6.45, 7) is 3.79.